The van der Waals surface area contributed by atoms with Gasteiger partial charge in [0.2, 0.25) is 5.91 Å². The number of piperidine rings is 1. The lowest BCUT2D eigenvalue weighted by atomic mass is 9.93. The van der Waals surface area contributed by atoms with E-state index in [0.29, 0.717) is 23.6 Å². The summed E-state index contributed by atoms with van der Waals surface area (Å²) in [6, 6.07) is 7.15. The minimum absolute atomic E-state index is 0.0413. The molecule has 3 aliphatic rings. The van der Waals surface area contributed by atoms with Gasteiger partial charge in [0.1, 0.15) is 5.75 Å². The van der Waals surface area contributed by atoms with Crippen LogP contribution >= 0.6 is 11.8 Å². The van der Waals surface area contributed by atoms with E-state index < -0.39 is 12.0 Å². The van der Waals surface area contributed by atoms with Crippen LogP contribution in [0.2, 0.25) is 0 Å². The summed E-state index contributed by atoms with van der Waals surface area (Å²) in [7, 11) is 2.98. The Kier molecular flexibility index (Phi) is 7.95. The summed E-state index contributed by atoms with van der Waals surface area (Å²) in [4.78, 5) is 34.7. The van der Waals surface area contributed by atoms with Crippen LogP contribution in [-0.2, 0) is 14.3 Å². The summed E-state index contributed by atoms with van der Waals surface area (Å²) in [5.74, 6) is 0.215. The number of fused-ring (bicyclic) bond motifs is 1. The molecule has 182 valence electrons. The molecule has 4 rings (SSSR count). The van der Waals surface area contributed by atoms with Crippen LogP contribution in [0, 0.1) is 0 Å². The molecule has 0 aliphatic carbocycles. The molecule has 1 fully saturated rings. The Balaban J connectivity index is 1.52. The second-order valence-corrected chi connectivity index (χ2v) is 9.43. The number of likely N-dealkylation sites (tertiary alicyclic amines) is 1. The Morgan fingerprint density at radius 3 is 2.74 bits per heavy atom. The Hall–Kier alpha value is -2.78. The Labute approximate surface area is 205 Å². The second-order valence-electron chi connectivity index (χ2n) is 8.59. The molecule has 1 N–H and O–H groups in total. The Morgan fingerprint density at radius 2 is 2.00 bits per heavy atom. The molecule has 0 radical (unpaired) electrons. The molecule has 3 aliphatic heterocycles. The molecule has 0 aromatic heterocycles. The molecule has 1 atom stereocenters. The van der Waals surface area contributed by atoms with E-state index in [1.54, 1.807) is 7.11 Å². The highest BCUT2D eigenvalue weighted by Gasteiger charge is 2.41. The maximum Gasteiger partial charge on any atom is 0.338 e. The molecular formula is C25H32N4O4S. The second kappa shape index (κ2) is 11.1. The first-order valence-electron chi connectivity index (χ1n) is 11.7. The topological polar surface area (TPSA) is 83.5 Å². The van der Waals surface area contributed by atoms with Crippen molar-refractivity contribution in [3.8, 4) is 5.75 Å². The monoisotopic (exact) mass is 484 g/mol. The molecule has 1 aromatic carbocycles. The van der Waals surface area contributed by atoms with Gasteiger partial charge in [-0.15, -0.1) is 0 Å². The fraction of sp³-hybridized carbons (Fsp3) is 0.480. The summed E-state index contributed by atoms with van der Waals surface area (Å²) < 4.78 is 10.5. The lowest BCUT2D eigenvalue weighted by Gasteiger charge is -2.36. The van der Waals surface area contributed by atoms with Crippen molar-refractivity contribution in [1.29, 1.82) is 0 Å². The van der Waals surface area contributed by atoms with Gasteiger partial charge >= 0.3 is 5.97 Å². The number of rotatable bonds is 8. The number of methoxy groups -OCH3 is 2. The van der Waals surface area contributed by atoms with Gasteiger partial charge in [-0.25, -0.2) is 9.79 Å². The van der Waals surface area contributed by atoms with Gasteiger partial charge in [0.25, 0.3) is 0 Å². The standard InChI is InChI=1S/C25H32N4O4S/c1-17-22(24(31)33-3)23(18-8-7-9-20(14-18)32-2)29-19(16-34-25(29)27-17)15-21(30)26-10-13-28-11-5-4-6-12-28/h7-9,14,16,23H,4-6,10-13,15H2,1-3H3,(H,26,30)/t23-/m1/s1. The number of hydrogen-bond acceptors (Lipinski definition) is 8. The number of carbonyl (C=O) groups is 2. The Morgan fingerprint density at radius 1 is 1.21 bits per heavy atom. The lowest BCUT2D eigenvalue weighted by Crippen LogP contribution is -2.39. The largest absolute Gasteiger partial charge is 0.497 e. The van der Waals surface area contributed by atoms with E-state index >= 15 is 0 Å². The SMILES string of the molecule is COC(=O)C1=C(C)N=C2SC=C(CC(=O)NCCN3CCCCC3)N2[C@@H]1c1cccc(OC)c1. The molecule has 1 saturated heterocycles. The number of ether oxygens (including phenoxy) is 2. The van der Waals surface area contributed by atoms with E-state index in [9.17, 15) is 9.59 Å². The minimum Gasteiger partial charge on any atom is -0.497 e. The van der Waals surface area contributed by atoms with Crippen molar-refractivity contribution >= 4 is 28.8 Å². The molecule has 1 aromatic rings. The zero-order chi connectivity index (χ0) is 24.1. The van der Waals surface area contributed by atoms with Crippen molar-refractivity contribution < 1.29 is 19.1 Å². The third-order valence-electron chi connectivity index (χ3n) is 6.36. The molecule has 9 heteroatoms. The molecule has 0 unspecified atom stereocenters. The number of allylic oxidation sites excluding steroid dienone is 1. The van der Waals surface area contributed by atoms with Crippen molar-refractivity contribution in [3.05, 3.63) is 52.2 Å². The van der Waals surface area contributed by atoms with Crippen LogP contribution in [0.5, 0.6) is 5.75 Å². The van der Waals surface area contributed by atoms with Crippen molar-refractivity contribution in [2.24, 2.45) is 4.99 Å². The number of nitrogens with zero attached hydrogens (tertiary/aromatic N) is 3. The molecule has 34 heavy (non-hydrogen) atoms. The summed E-state index contributed by atoms with van der Waals surface area (Å²) in [6.07, 6.45) is 3.97. The molecule has 8 nitrogen and oxygen atoms in total. The quantitative estimate of drug-likeness (QED) is 0.566. The maximum atomic E-state index is 12.8. The number of esters is 1. The molecule has 1 amide bonds. The van der Waals surface area contributed by atoms with Crippen molar-refractivity contribution in [2.75, 3.05) is 40.4 Å². The number of amides is 1. The highest BCUT2D eigenvalue weighted by molar-refractivity contribution is 8.16. The molecule has 3 heterocycles. The van der Waals surface area contributed by atoms with Gasteiger partial charge in [-0.05, 0) is 56.0 Å². The predicted molar refractivity (Wildman–Crippen MR) is 133 cm³/mol. The van der Waals surface area contributed by atoms with E-state index in [2.05, 4.69) is 15.2 Å². The number of carbonyl (C=O) groups excluding carboxylic acids is 2. The number of thioether (sulfide) groups is 1. The molecule has 0 spiro atoms. The fourth-order valence-electron chi connectivity index (χ4n) is 4.63. The number of nitrogens with one attached hydrogen (secondary N) is 1. The predicted octanol–water partition coefficient (Wildman–Crippen LogP) is 3.44. The summed E-state index contributed by atoms with van der Waals surface area (Å²) in [5.41, 5.74) is 2.74. The third-order valence-corrected chi connectivity index (χ3v) is 7.24. The molecule has 0 saturated carbocycles. The number of hydrogen-bond donors (Lipinski definition) is 1. The van der Waals surface area contributed by atoms with Gasteiger partial charge in [0, 0.05) is 18.8 Å². The van der Waals surface area contributed by atoms with Crippen molar-refractivity contribution in [2.45, 2.75) is 38.6 Å². The van der Waals surface area contributed by atoms with E-state index in [1.165, 1.54) is 38.1 Å². The number of benzene rings is 1. The Bertz CT molecular complexity index is 1030. The average Bonchev–Trinajstić information content (AvgIpc) is 3.25. The summed E-state index contributed by atoms with van der Waals surface area (Å²) in [5, 5.41) is 5.75. The highest BCUT2D eigenvalue weighted by Crippen LogP contribution is 2.45. The number of aliphatic imine (C=N–C) groups is 1. The van der Waals surface area contributed by atoms with Crippen LogP contribution in [0.3, 0.4) is 0 Å². The van der Waals surface area contributed by atoms with Gasteiger partial charge in [-0.3, -0.25) is 4.79 Å². The van der Waals surface area contributed by atoms with Crippen molar-refractivity contribution in [3.63, 3.8) is 0 Å². The van der Waals surface area contributed by atoms with Crippen LogP contribution in [0.25, 0.3) is 0 Å². The van der Waals surface area contributed by atoms with Crippen LogP contribution in [-0.4, -0.2) is 67.2 Å². The average molecular weight is 485 g/mol. The smallest absolute Gasteiger partial charge is 0.338 e. The zero-order valence-corrected chi connectivity index (χ0v) is 20.8. The number of amidine groups is 1. The first-order chi connectivity index (χ1) is 16.5. The van der Waals surface area contributed by atoms with Crippen molar-refractivity contribution in [1.82, 2.24) is 15.1 Å². The van der Waals surface area contributed by atoms with Gasteiger partial charge in [0.05, 0.1) is 38.0 Å². The van der Waals surface area contributed by atoms with Gasteiger partial charge in [-0.2, -0.15) is 0 Å². The minimum atomic E-state index is -0.461. The van der Waals surface area contributed by atoms with Gasteiger partial charge < -0.3 is 24.6 Å². The van der Waals surface area contributed by atoms with Gasteiger partial charge in [-0.1, -0.05) is 30.3 Å². The lowest BCUT2D eigenvalue weighted by molar-refractivity contribution is -0.136. The van der Waals surface area contributed by atoms with Crippen LogP contribution in [0.15, 0.2) is 51.6 Å². The van der Waals surface area contributed by atoms with Crippen LogP contribution in [0.4, 0.5) is 0 Å². The molecular weight excluding hydrogens is 452 g/mol. The van der Waals surface area contributed by atoms with E-state index in [4.69, 9.17) is 9.47 Å². The first-order valence-corrected chi connectivity index (χ1v) is 12.6. The maximum absolute atomic E-state index is 12.8. The van der Waals surface area contributed by atoms with Crippen LogP contribution in [0.1, 0.15) is 44.2 Å². The molecule has 0 bridgehead atoms. The highest BCUT2D eigenvalue weighted by atomic mass is 32.2. The third kappa shape index (κ3) is 5.31. The fourth-order valence-corrected chi connectivity index (χ4v) is 5.60. The normalized spacial score (nSPS) is 20.4. The van der Waals surface area contributed by atoms with E-state index in [0.717, 1.165) is 36.1 Å². The zero-order valence-electron chi connectivity index (χ0n) is 20.0. The van der Waals surface area contributed by atoms with Gasteiger partial charge in [0.15, 0.2) is 5.17 Å². The van der Waals surface area contributed by atoms with E-state index in [1.807, 2.05) is 41.5 Å². The first kappa shape index (κ1) is 24.3. The summed E-state index contributed by atoms with van der Waals surface area (Å²) >= 11 is 1.46. The van der Waals surface area contributed by atoms with E-state index in [-0.39, 0.29) is 12.3 Å². The van der Waals surface area contributed by atoms with Crippen LogP contribution < -0.4 is 10.1 Å². The summed E-state index contributed by atoms with van der Waals surface area (Å²) in [6.45, 7) is 5.53.